The summed E-state index contributed by atoms with van der Waals surface area (Å²) in [5.74, 6) is 0. The maximum atomic E-state index is 4.60. The van der Waals surface area contributed by atoms with Crippen molar-refractivity contribution >= 4 is 27.8 Å². The van der Waals surface area contributed by atoms with E-state index in [0.29, 0.717) is 0 Å². The fourth-order valence-corrected chi connectivity index (χ4v) is 4.66. The van der Waals surface area contributed by atoms with Crippen LogP contribution >= 0.6 is 11.3 Å². The lowest BCUT2D eigenvalue weighted by Crippen LogP contribution is -1.88. The van der Waals surface area contributed by atoms with Gasteiger partial charge in [-0.25, -0.2) is 0 Å². The lowest BCUT2D eigenvalue weighted by atomic mass is 10.0. The SMILES string of the molecule is C1=CCc2[nH]c(-c3n[nH]c4cnc(-c5ccccn5)cc34)cc2C(c2cccs2)=C1. The summed E-state index contributed by atoms with van der Waals surface area (Å²) in [6.07, 6.45) is 11.0. The van der Waals surface area contributed by atoms with Crippen LogP contribution in [0, 0.1) is 0 Å². The number of pyridine rings is 2. The normalized spacial score (nSPS) is 13.3. The van der Waals surface area contributed by atoms with Gasteiger partial charge in [-0.3, -0.25) is 15.1 Å². The maximum absolute atomic E-state index is 4.60. The highest BCUT2D eigenvalue weighted by molar-refractivity contribution is 7.11. The van der Waals surface area contributed by atoms with Crippen molar-refractivity contribution in [2.45, 2.75) is 6.42 Å². The van der Waals surface area contributed by atoms with E-state index < -0.39 is 0 Å². The van der Waals surface area contributed by atoms with Crippen LogP contribution in [0.2, 0.25) is 0 Å². The van der Waals surface area contributed by atoms with Gasteiger partial charge in [-0.2, -0.15) is 5.10 Å². The Bertz CT molecular complexity index is 1400. The Morgan fingerprint density at radius 3 is 2.87 bits per heavy atom. The highest BCUT2D eigenvalue weighted by atomic mass is 32.1. The van der Waals surface area contributed by atoms with Gasteiger partial charge in [-0.05, 0) is 35.7 Å². The van der Waals surface area contributed by atoms with Gasteiger partial charge in [0.25, 0.3) is 0 Å². The first-order chi connectivity index (χ1) is 14.9. The molecule has 0 spiro atoms. The molecule has 0 aromatic carbocycles. The van der Waals surface area contributed by atoms with Crippen LogP contribution in [0.3, 0.4) is 0 Å². The first kappa shape index (κ1) is 17.1. The molecular weight excluding hydrogens is 390 g/mol. The molecule has 0 saturated carbocycles. The van der Waals surface area contributed by atoms with E-state index in [2.05, 4.69) is 73.0 Å². The third-order valence-electron chi connectivity index (χ3n) is 5.33. The fraction of sp³-hybridized carbons (Fsp3) is 0.0417. The van der Waals surface area contributed by atoms with Crippen LogP contribution in [-0.4, -0.2) is 25.1 Å². The molecule has 5 nitrogen and oxygen atoms in total. The van der Waals surface area contributed by atoms with Crippen LogP contribution in [0.15, 0.2) is 78.5 Å². The van der Waals surface area contributed by atoms with Crippen LogP contribution in [0.25, 0.3) is 39.3 Å². The molecular formula is C24H17N5S. The van der Waals surface area contributed by atoms with Crippen molar-refractivity contribution in [1.82, 2.24) is 25.1 Å². The average Bonchev–Trinajstić information content (AvgIpc) is 3.52. The number of aromatic amines is 2. The number of hydrogen-bond acceptors (Lipinski definition) is 4. The van der Waals surface area contributed by atoms with Crippen LogP contribution in [0.1, 0.15) is 16.1 Å². The summed E-state index contributed by atoms with van der Waals surface area (Å²) in [5, 5.41) is 10.9. The molecule has 0 radical (unpaired) electrons. The minimum atomic E-state index is 0.834. The number of thiophene rings is 1. The molecule has 0 fully saturated rings. The van der Waals surface area contributed by atoms with Gasteiger partial charge in [0, 0.05) is 39.7 Å². The van der Waals surface area contributed by atoms with E-state index in [0.717, 1.165) is 40.1 Å². The summed E-state index contributed by atoms with van der Waals surface area (Å²) in [6, 6.07) is 14.4. The van der Waals surface area contributed by atoms with Gasteiger partial charge in [-0.1, -0.05) is 30.4 Å². The molecule has 0 unspecified atom stereocenters. The standard InChI is InChI=1S/C24H17N5S/c1-2-7-18-16(15(6-1)23-9-5-11-30-23)12-21(27-18)24-17-13-20(19-8-3-4-10-25-19)26-14-22(17)28-29-24/h1-6,8-14,27H,7H2,(H,28,29). The van der Waals surface area contributed by atoms with Gasteiger partial charge in [0.15, 0.2) is 0 Å². The largest absolute Gasteiger partial charge is 0.356 e. The van der Waals surface area contributed by atoms with Crippen LogP contribution in [-0.2, 0) is 6.42 Å². The van der Waals surface area contributed by atoms with E-state index in [4.69, 9.17) is 0 Å². The Balaban J connectivity index is 1.48. The molecule has 6 rings (SSSR count). The monoisotopic (exact) mass is 407 g/mol. The molecule has 2 N–H and O–H groups in total. The Hall–Kier alpha value is -3.77. The zero-order chi connectivity index (χ0) is 19.9. The molecule has 0 saturated heterocycles. The van der Waals surface area contributed by atoms with Crippen molar-refractivity contribution in [2.24, 2.45) is 0 Å². The Labute approximate surface area is 176 Å². The van der Waals surface area contributed by atoms with Gasteiger partial charge in [0.1, 0.15) is 5.69 Å². The summed E-state index contributed by atoms with van der Waals surface area (Å²) >= 11 is 1.76. The number of hydrogen-bond donors (Lipinski definition) is 2. The predicted octanol–water partition coefficient (Wildman–Crippen LogP) is 5.62. The average molecular weight is 408 g/mol. The van der Waals surface area contributed by atoms with Crippen molar-refractivity contribution in [2.75, 3.05) is 0 Å². The summed E-state index contributed by atoms with van der Waals surface area (Å²) in [4.78, 5) is 13.9. The summed E-state index contributed by atoms with van der Waals surface area (Å²) in [7, 11) is 0. The first-order valence-corrected chi connectivity index (χ1v) is 10.6. The van der Waals surface area contributed by atoms with Gasteiger partial charge >= 0.3 is 0 Å². The Morgan fingerprint density at radius 1 is 1.00 bits per heavy atom. The quantitative estimate of drug-likeness (QED) is 0.408. The lowest BCUT2D eigenvalue weighted by molar-refractivity contribution is 1.10. The second-order valence-corrected chi connectivity index (χ2v) is 8.12. The second-order valence-electron chi connectivity index (χ2n) is 7.17. The summed E-state index contributed by atoms with van der Waals surface area (Å²) < 4.78 is 0. The predicted molar refractivity (Wildman–Crippen MR) is 121 cm³/mol. The van der Waals surface area contributed by atoms with E-state index in [1.54, 1.807) is 17.5 Å². The first-order valence-electron chi connectivity index (χ1n) is 9.76. The van der Waals surface area contributed by atoms with Crippen molar-refractivity contribution in [3.63, 3.8) is 0 Å². The van der Waals surface area contributed by atoms with Gasteiger partial charge < -0.3 is 4.98 Å². The van der Waals surface area contributed by atoms with Crippen molar-refractivity contribution in [1.29, 1.82) is 0 Å². The highest BCUT2D eigenvalue weighted by Crippen LogP contribution is 2.36. The van der Waals surface area contributed by atoms with Gasteiger partial charge in [0.2, 0.25) is 0 Å². The zero-order valence-corrected chi connectivity index (χ0v) is 16.8. The van der Waals surface area contributed by atoms with E-state index in [-0.39, 0.29) is 0 Å². The van der Waals surface area contributed by atoms with Crippen LogP contribution in [0.4, 0.5) is 0 Å². The fourth-order valence-electron chi connectivity index (χ4n) is 3.89. The van der Waals surface area contributed by atoms with E-state index in [9.17, 15) is 0 Å². The lowest BCUT2D eigenvalue weighted by Gasteiger charge is -2.03. The Morgan fingerprint density at radius 2 is 2.00 bits per heavy atom. The molecule has 0 amide bonds. The van der Waals surface area contributed by atoms with Crippen molar-refractivity contribution < 1.29 is 0 Å². The summed E-state index contributed by atoms with van der Waals surface area (Å²) in [5.41, 5.74) is 8.16. The molecule has 5 heterocycles. The topological polar surface area (TPSA) is 70.2 Å². The number of allylic oxidation sites excluding steroid dienone is 3. The number of aromatic nitrogens is 5. The summed E-state index contributed by atoms with van der Waals surface area (Å²) in [6.45, 7) is 0. The molecule has 6 heteroatoms. The number of nitrogens with zero attached hydrogens (tertiary/aromatic N) is 3. The molecule has 0 atom stereocenters. The van der Waals surface area contributed by atoms with E-state index >= 15 is 0 Å². The molecule has 1 aliphatic carbocycles. The number of fused-ring (bicyclic) bond motifs is 2. The minimum Gasteiger partial charge on any atom is -0.356 e. The Kier molecular flexibility index (Phi) is 3.95. The van der Waals surface area contributed by atoms with Crippen molar-refractivity contribution in [3.8, 4) is 22.8 Å². The number of rotatable bonds is 3. The second kappa shape index (κ2) is 6.93. The maximum Gasteiger partial charge on any atom is 0.116 e. The molecule has 144 valence electrons. The number of H-pyrrole nitrogens is 2. The highest BCUT2D eigenvalue weighted by Gasteiger charge is 2.19. The zero-order valence-electron chi connectivity index (χ0n) is 16.0. The molecule has 0 bridgehead atoms. The van der Waals surface area contributed by atoms with Crippen molar-refractivity contribution in [3.05, 3.63) is 94.6 Å². The third kappa shape index (κ3) is 2.81. The minimum absolute atomic E-state index is 0.834. The van der Waals surface area contributed by atoms with E-state index in [1.807, 2.05) is 24.4 Å². The third-order valence-corrected chi connectivity index (χ3v) is 6.23. The molecule has 5 aromatic rings. The van der Waals surface area contributed by atoms with Gasteiger partial charge in [0.05, 0.1) is 28.8 Å². The van der Waals surface area contributed by atoms with E-state index in [1.165, 1.54) is 21.7 Å². The molecule has 5 aromatic heterocycles. The smallest absolute Gasteiger partial charge is 0.116 e. The van der Waals surface area contributed by atoms with Crippen LogP contribution < -0.4 is 0 Å². The van der Waals surface area contributed by atoms with Crippen LogP contribution in [0.5, 0.6) is 0 Å². The number of nitrogens with one attached hydrogen (secondary N) is 2. The molecule has 1 aliphatic rings. The molecule has 30 heavy (non-hydrogen) atoms. The molecule has 0 aliphatic heterocycles. The van der Waals surface area contributed by atoms with Gasteiger partial charge in [-0.15, -0.1) is 11.3 Å².